The van der Waals surface area contributed by atoms with Crippen LogP contribution in [-0.4, -0.2) is 11.4 Å². The summed E-state index contributed by atoms with van der Waals surface area (Å²) >= 11 is 9.72. The van der Waals surface area contributed by atoms with E-state index in [1.807, 2.05) is 31.2 Å². The van der Waals surface area contributed by atoms with E-state index < -0.39 is 0 Å². The van der Waals surface area contributed by atoms with Crippen LogP contribution in [0.1, 0.15) is 19.4 Å². The van der Waals surface area contributed by atoms with E-state index in [4.69, 9.17) is 11.6 Å². The van der Waals surface area contributed by atoms with Gasteiger partial charge in [-0.15, -0.1) is 11.6 Å². The van der Waals surface area contributed by atoms with E-state index in [-0.39, 0.29) is 32.7 Å². The fourth-order valence-electron chi connectivity index (χ4n) is 1.94. The van der Waals surface area contributed by atoms with E-state index in [2.05, 4.69) is 40.4 Å². The van der Waals surface area contributed by atoms with Crippen molar-refractivity contribution in [1.29, 1.82) is 0 Å². The van der Waals surface area contributed by atoms with E-state index in [9.17, 15) is 0 Å². The zero-order valence-corrected chi connectivity index (χ0v) is 16.2. The van der Waals surface area contributed by atoms with Crippen molar-refractivity contribution in [2.45, 2.75) is 13.8 Å². The molecule has 97 valence electrons. The Hall–Kier alpha value is 0.114. The second kappa shape index (κ2) is 7.22. The first kappa shape index (κ1) is 17.2. The Morgan fingerprint density at radius 1 is 1.42 bits per heavy atom. The molecule has 0 atom stereocenters. The Morgan fingerprint density at radius 3 is 2.68 bits per heavy atom. The molecule has 4 heteroatoms. The van der Waals surface area contributed by atoms with Crippen molar-refractivity contribution in [1.82, 2.24) is 4.90 Å². The monoisotopic (exact) mass is 411 g/mol. The average Bonchev–Trinajstić information content (AvgIpc) is 2.33. The van der Waals surface area contributed by atoms with Gasteiger partial charge in [0.2, 0.25) is 0 Å². The van der Waals surface area contributed by atoms with Crippen LogP contribution in [0.25, 0.3) is 5.70 Å². The normalized spacial score (nSPS) is 14.7. The maximum atomic E-state index is 6.30. The number of hydrogen-bond acceptors (Lipinski definition) is 1. The molecule has 1 heterocycles. The Balaban J connectivity index is 0.00000180. The molecule has 0 bridgehead atoms. The van der Waals surface area contributed by atoms with Gasteiger partial charge in [-0.2, -0.15) is 12.2 Å². The predicted molar refractivity (Wildman–Crippen MR) is 81.1 cm³/mol. The summed E-state index contributed by atoms with van der Waals surface area (Å²) in [5.41, 5.74) is 4.09. The maximum Gasteiger partial charge on any atom is 0.0169 e. The van der Waals surface area contributed by atoms with Gasteiger partial charge in [0, 0.05) is 43.7 Å². The predicted octanol–water partition coefficient (Wildman–Crippen LogP) is 5.04. The molecule has 1 aromatic rings. The maximum absolute atomic E-state index is 6.30. The Bertz CT molecular complexity index is 563. The molecule has 1 aliphatic rings. The summed E-state index contributed by atoms with van der Waals surface area (Å²) < 4.78 is 0.973. The molecular weight excluding hydrogens is 398 g/mol. The van der Waals surface area contributed by atoms with Crippen LogP contribution in [0.15, 0.2) is 46.6 Å². The Kier molecular flexibility index (Phi) is 6.52. The van der Waals surface area contributed by atoms with Crippen LogP contribution in [0.2, 0.25) is 5.02 Å². The molecule has 0 amide bonds. The quantitative estimate of drug-likeness (QED) is 0.615. The fourth-order valence-corrected chi connectivity index (χ4v) is 2.70. The molecule has 1 radical (unpaired) electrons. The van der Waals surface area contributed by atoms with Crippen LogP contribution < -0.4 is 0 Å². The van der Waals surface area contributed by atoms with E-state index in [0.29, 0.717) is 5.02 Å². The summed E-state index contributed by atoms with van der Waals surface area (Å²) in [5.74, 6) is 0. The second-order valence-corrected chi connectivity index (χ2v) is 5.46. The van der Waals surface area contributed by atoms with Gasteiger partial charge >= 0.3 is 0 Å². The molecule has 0 aliphatic carbocycles. The van der Waals surface area contributed by atoms with Gasteiger partial charge < -0.3 is 4.90 Å². The summed E-state index contributed by atoms with van der Waals surface area (Å²) in [6, 6.07) is 5.88. The fraction of sp³-hybridized carbons (Fsp3) is 0.200. The first-order valence-corrected chi connectivity index (χ1v) is 6.94. The second-order valence-electron chi connectivity index (χ2n) is 4.14. The van der Waals surface area contributed by atoms with Crippen molar-refractivity contribution < 1.29 is 32.7 Å². The first-order valence-electron chi connectivity index (χ1n) is 5.77. The molecule has 19 heavy (non-hydrogen) atoms. The largest absolute Gasteiger partial charge is 0.376 e. The molecule has 1 aliphatic heterocycles. The molecule has 1 nitrogen and oxygen atoms in total. The molecule has 2 rings (SSSR count). The van der Waals surface area contributed by atoms with Gasteiger partial charge in [-0.1, -0.05) is 58.4 Å². The van der Waals surface area contributed by atoms with E-state index in [1.165, 1.54) is 0 Å². The summed E-state index contributed by atoms with van der Waals surface area (Å²) in [6.07, 6.45) is 5.26. The van der Waals surface area contributed by atoms with Crippen LogP contribution in [0.3, 0.4) is 0 Å². The number of hydrogen-bond donors (Lipinski definition) is 0. The first-order chi connectivity index (χ1) is 8.54. The molecule has 0 aromatic heterocycles. The summed E-state index contributed by atoms with van der Waals surface area (Å²) in [4.78, 5) is 2.13. The van der Waals surface area contributed by atoms with Crippen LogP contribution in [0.5, 0.6) is 0 Å². The van der Waals surface area contributed by atoms with Crippen molar-refractivity contribution in [2.75, 3.05) is 6.54 Å². The van der Waals surface area contributed by atoms with Gasteiger partial charge in [-0.3, -0.25) is 0 Å². The number of allylic oxidation sites excluding steroid dienone is 3. The minimum Gasteiger partial charge on any atom is -0.376 e. The molecule has 0 saturated heterocycles. The number of benzene rings is 1. The number of rotatable bonds is 2. The molecule has 0 saturated carbocycles. The smallest absolute Gasteiger partial charge is 0.0169 e. The summed E-state index contributed by atoms with van der Waals surface area (Å²) in [7, 11) is 0. The van der Waals surface area contributed by atoms with Crippen molar-refractivity contribution >= 4 is 33.2 Å². The van der Waals surface area contributed by atoms with Crippen molar-refractivity contribution in [3.63, 3.8) is 0 Å². The third-order valence-electron chi connectivity index (χ3n) is 2.98. The van der Waals surface area contributed by atoms with Crippen molar-refractivity contribution in [2.24, 2.45) is 0 Å². The van der Waals surface area contributed by atoms with E-state index >= 15 is 0 Å². The van der Waals surface area contributed by atoms with Gasteiger partial charge in [-0.05, 0) is 23.7 Å². The topological polar surface area (TPSA) is 3.24 Å². The van der Waals surface area contributed by atoms with Gasteiger partial charge in [0.15, 0.2) is 0 Å². The van der Waals surface area contributed by atoms with Crippen molar-refractivity contribution in [3.8, 4) is 0 Å². The van der Waals surface area contributed by atoms with Crippen LogP contribution in [0, 0.1) is 6.08 Å². The molecule has 0 spiro atoms. The van der Waals surface area contributed by atoms with Gasteiger partial charge in [0.05, 0.1) is 0 Å². The zero-order chi connectivity index (χ0) is 13.3. The Morgan fingerprint density at radius 2 is 2.11 bits per heavy atom. The number of nitrogens with zero attached hydrogens (tertiary/aromatic N) is 1. The van der Waals surface area contributed by atoms with Crippen LogP contribution in [0.4, 0.5) is 0 Å². The average molecular weight is 413 g/mol. The standard InChI is InChI=1S/C15H14BrClN.Y/c1-4-18-11(3)10(2)5-8-15(18)13-7-6-12(16)9-14(13)17;/h5-7,9H,3-4H2,1-2H3;/q-1;. The van der Waals surface area contributed by atoms with Gasteiger partial charge in [-0.25, -0.2) is 0 Å². The van der Waals surface area contributed by atoms with Crippen LogP contribution in [-0.2, 0) is 32.7 Å². The molecule has 0 N–H and O–H groups in total. The van der Waals surface area contributed by atoms with E-state index in [0.717, 1.165) is 33.5 Å². The summed E-state index contributed by atoms with van der Waals surface area (Å²) in [5, 5.41) is 0.714. The number of likely N-dealkylation sites (N-methyl/N-ethyl adjacent to an activating group) is 1. The van der Waals surface area contributed by atoms with Crippen LogP contribution >= 0.6 is 27.5 Å². The third-order valence-corrected chi connectivity index (χ3v) is 3.78. The van der Waals surface area contributed by atoms with Gasteiger partial charge in [0.25, 0.3) is 0 Å². The molecular formula is C15H14BrClNY-. The minimum atomic E-state index is 0. The molecule has 0 unspecified atom stereocenters. The third kappa shape index (κ3) is 3.61. The Labute approximate surface area is 153 Å². The molecule has 1 aromatic carbocycles. The van der Waals surface area contributed by atoms with Crippen molar-refractivity contribution in [3.05, 3.63) is 63.3 Å². The number of halogens is 2. The van der Waals surface area contributed by atoms with Gasteiger partial charge in [0.1, 0.15) is 0 Å². The van der Waals surface area contributed by atoms with E-state index in [1.54, 1.807) is 0 Å². The SMILES string of the molecule is C=C1C(C)=C[C-]=C(c2ccc(Br)cc2Cl)N1CC.[Y]. The molecule has 0 fully saturated rings. The summed E-state index contributed by atoms with van der Waals surface area (Å²) in [6.45, 7) is 9.10. The zero-order valence-electron chi connectivity index (χ0n) is 11.0. The minimum absolute atomic E-state index is 0.